The van der Waals surface area contributed by atoms with Crippen molar-refractivity contribution < 1.29 is 39.7 Å². The second-order valence-electron chi connectivity index (χ2n) is 15.0. The van der Waals surface area contributed by atoms with Gasteiger partial charge in [-0.3, -0.25) is 34.6 Å². The van der Waals surface area contributed by atoms with E-state index in [0.717, 1.165) is 57.8 Å². The maximum absolute atomic E-state index is 13.3. The van der Waals surface area contributed by atoms with Crippen LogP contribution in [0.25, 0.3) is 0 Å². The van der Waals surface area contributed by atoms with Crippen molar-refractivity contribution in [3.05, 3.63) is 20.2 Å². The van der Waals surface area contributed by atoms with E-state index < -0.39 is 58.7 Å². The third-order valence-electron chi connectivity index (χ3n) is 12.6. The molecule has 0 aromatic carbocycles. The van der Waals surface area contributed by atoms with Gasteiger partial charge in [-0.2, -0.15) is 0 Å². The molecule has 14 heteroatoms. The lowest BCUT2D eigenvalue weighted by Gasteiger charge is -2.46. The fraction of sp³-hybridized carbons (Fsp3) is 0.909. The summed E-state index contributed by atoms with van der Waals surface area (Å²) in [6.45, 7) is 4.20. The molecular formula is C33H54N4O10. The Balaban J connectivity index is 1.34. The Morgan fingerprint density at radius 3 is 1.81 bits per heavy atom. The summed E-state index contributed by atoms with van der Waals surface area (Å²) in [7, 11) is 0. The Bertz CT molecular complexity index is 1140. The number of hydrogen-bond acceptors (Lipinski definition) is 9. The minimum Gasteiger partial charge on any atom is -0.481 e. The van der Waals surface area contributed by atoms with Crippen LogP contribution in [0.4, 0.5) is 0 Å². The van der Waals surface area contributed by atoms with Crippen molar-refractivity contribution >= 4 is 17.8 Å². The van der Waals surface area contributed by atoms with Gasteiger partial charge in [-0.05, 0) is 86.9 Å². The SMILES string of the molecule is CCC1CC(CC2CCC(C(NO)C3CC([N+](=O)[O-])CCC3C(=O)O)C(CC)C2)CCC1NC(=O)C1CC([N+](=O)[O-])CCC1C(=O)O. The van der Waals surface area contributed by atoms with E-state index in [0.29, 0.717) is 11.8 Å². The highest BCUT2D eigenvalue weighted by Crippen LogP contribution is 2.47. The molecule has 0 heterocycles. The molecule has 1 amide bonds. The molecule has 0 spiro atoms. The van der Waals surface area contributed by atoms with Crippen molar-refractivity contribution in [3.63, 3.8) is 0 Å². The van der Waals surface area contributed by atoms with E-state index >= 15 is 0 Å². The number of carboxylic acids is 2. The van der Waals surface area contributed by atoms with Crippen LogP contribution >= 0.6 is 0 Å². The summed E-state index contributed by atoms with van der Waals surface area (Å²) >= 11 is 0. The number of rotatable bonds is 13. The number of nitrogens with zero attached hydrogens (tertiary/aromatic N) is 2. The Labute approximate surface area is 276 Å². The Kier molecular flexibility index (Phi) is 13.0. The molecular weight excluding hydrogens is 612 g/mol. The zero-order valence-electron chi connectivity index (χ0n) is 27.7. The van der Waals surface area contributed by atoms with Gasteiger partial charge in [-0.1, -0.05) is 33.1 Å². The molecule has 47 heavy (non-hydrogen) atoms. The lowest BCUT2D eigenvalue weighted by molar-refractivity contribution is -0.529. The van der Waals surface area contributed by atoms with E-state index in [2.05, 4.69) is 24.6 Å². The highest BCUT2D eigenvalue weighted by atomic mass is 16.6. The van der Waals surface area contributed by atoms with Gasteiger partial charge in [0.05, 0.1) is 17.8 Å². The molecule has 4 rings (SSSR count). The number of nitro groups is 2. The number of aliphatic carboxylic acids is 2. The van der Waals surface area contributed by atoms with Crippen molar-refractivity contribution in [2.24, 2.45) is 53.3 Å². The number of carbonyl (C=O) groups is 3. The van der Waals surface area contributed by atoms with Crippen LogP contribution < -0.4 is 10.8 Å². The van der Waals surface area contributed by atoms with E-state index in [4.69, 9.17) is 0 Å². The van der Waals surface area contributed by atoms with Crippen LogP contribution in [0.2, 0.25) is 0 Å². The van der Waals surface area contributed by atoms with Gasteiger partial charge < -0.3 is 20.7 Å². The molecule has 13 atom stereocenters. The molecule has 5 N–H and O–H groups in total. The smallest absolute Gasteiger partial charge is 0.307 e. The summed E-state index contributed by atoms with van der Waals surface area (Å²) in [6, 6.07) is -2.30. The van der Waals surface area contributed by atoms with Crippen molar-refractivity contribution in [2.75, 3.05) is 0 Å². The summed E-state index contributed by atoms with van der Waals surface area (Å²) < 4.78 is 0. The lowest BCUT2D eigenvalue weighted by Crippen LogP contribution is -2.52. The zero-order valence-corrected chi connectivity index (χ0v) is 27.7. The maximum atomic E-state index is 13.3. The summed E-state index contributed by atoms with van der Waals surface area (Å²) in [5.41, 5.74) is 2.43. The van der Waals surface area contributed by atoms with Gasteiger partial charge >= 0.3 is 11.9 Å². The third kappa shape index (κ3) is 8.79. The molecule has 4 fully saturated rings. The monoisotopic (exact) mass is 666 g/mol. The lowest BCUT2D eigenvalue weighted by atomic mass is 9.62. The first-order chi connectivity index (χ1) is 22.4. The van der Waals surface area contributed by atoms with Crippen LogP contribution in [0.15, 0.2) is 0 Å². The number of nitrogens with one attached hydrogen (secondary N) is 2. The van der Waals surface area contributed by atoms with Crippen molar-refractivity contribution in [1.82, 2.24) is 10.8 Å². The number of hydrogen-bond donors (Lipinski definition) is 5. The van der Waals surface area contributed by atoms with Crippen molar-refractivity contribution in [2.45, 2.75) is 134 Å². The van der Waals surface area contributed by atoms with Gasteiger partial charge in [-0.15, -0.1) is 0 Å². The van der Waals surface area contributed by atoms with Gasteiger partial charge in [-0.25, -0.2) is 5.48 Å². The van der Waals surface area contributed by atoms with Gasteiger partial charge in [0.15, 0.2) is 0 Å². The van der Waals surface area contributed by atoms with Crippen molar-refractivity contribution in [1.29, 1.82) is 0 Å². The molecule has 266 valence electrons. The molecule has 0 radical (unpaired) electrons. The molecule has 0 aromatic rings. The molecule has 4 aliphatic carbocycles. The standard InChI is InChI=1S/C33H54N4O10/c1-3-20-14-18(5-9-24(20)30(35-43)27-16-22(36(44)45)7-10-25(27)32(39)40)13-19-6-12-29(21(4-2)15-19)34-31(38)28-17-23(37(46)47)8-11-26(28)33(41)42/h18-30,35,43H,3-17H2,1-2H3,(H,34,38)(H,39,40)(H,41,42). The fourth-order valence-electron chi connectivity index (χ4n) is 10.0. The van der Waals surface area contributed by atoms with E-state index in [1.165, 1.54) is 0 Å². The largest absolute Gasteiger partial charge is 0.481 e. The van der Waals surface area contributed by atoms with Gasteiger partial charge in [0.2, 0.25) is 18.0 Å². The predicted molar refractivity (Wildman–Crippen MR) is 169 cm³/mol. The molecule has 0 aromatic heterocycles. The molecule has 14 nitrogen and oxygen atoms in total. The van der Waals surface area contributed by atoms with Crippen molar-refractivity contribution in [3.8, 4) is 0 Å². The summed E-state index contributed by atoms with van der Waals surface area (Å²) in [4.78, 5) is 59.6. The van der Waals surface area contributed by atoms with E-state index in [9.17, 15) is 50.0 Å². The quantitative estimate of drug-likeness (QED) is 0.133. The van der Waals surface area contributed by atoms with Crippen LogP contribution in [0.5, 0.6) is 0 Å². The van der Waals surface area contributed by atoms with Gasteiger partial charge in [0.1, 0.15) is 0 Å². The molecule has 13 unspecified atom stereocenters. The minimum absolute atomic E-state index is 0.0252. The molecule has 0 bridgehead atoms. The van der Waals surface area contributed by atoms with Crippen LogP contribution in [-0.2, 0) is 14.4 Å². The third-order valence-corrected chi connectivity index (χ3v) is 12.6. The predicted octanol–water partition coefficient (Wildman–Crippen LogP) is 4.77. The first-order valence-electron chi connectivity index (χ1n) is 17.8. The van der Waals surface area contributed by atoms with Gasteiger partial charge in [0, 0.05) is 47.6 Å². The Hall–Kier alpha value is -2.87. The van der Waals surface area contributed by atoms with Crippen LogP contribution in [0.3, 0.4) is 0 Å². The molecule has 4 saturated carbocycles. The first kappa shape index (κ1) is 37.0. The average Bonchev–Trinajstić information content (AvgIpc) is 3.05. The molecule has 4 aliphatic rings. The number of amides is 1. The normalized spacial score (nSPS) is 38.5. The molecule has 0 aliphatic heterocycles. The Morgan fingerprint density at radius 1 is 0.702 bits per heavy atom. The second-order valence-corrected chi connectivity index (χ2v) is 15.0. The highest BCUT2D eigenvalue weighted by molar-refractivity contribution is 5.85. The number of carbonyl (C=O) groups excluding carboxylic acids is 1. The van der Waals surface area contributed by atoms with Crippen LogP contribution in [0, 0.1) is 73.5 Å². The summed E-state index contributed by atoms with van der Waals surface area (Å²) in [5, 5.41) is 56.0. The van der Waals surface area contributed by atoms with E-state index in [1.807, 2.05) is 0 Å². The topological polar surface area (TPSA) is 222 Å². The van der Waals surface area contributed by atoms with Gasteiger partial charge in [0.25, 0.3) is 0 Å². The summed E-state index contributed by atoms with van der Waals surface area (Å²) in [6.07, 6.45) is 8.96. The fourth-order valence-corrected chi connectivity index (χ4v) is 10.0. The maximum Gasteiger partial charge on any atom is 0.307 e. The summed E-state index contributed by atoms with van der Waals surface area (Å²) in [5.74, 6) is -4.04. The second kappa shape index (κ2) is 16.5. The zero-order chi connectivity index (χ0) is 34.4. The Morgan fingerprint density at radius 2 is 1.26 bits per heavy atom. The number of hydroxylamine groups is 1. The van der Waals surface area contributed by atoms with Crippen LogP contribution in [0.1, 0.15) is 110 Å². The minimum atomic E-state index is -1.08. The molecule has 0 saturated heterocycles. The average molecular weight is 667 g/mol. The van der Waals surface area contributed by atoms with E-state index in [1.54, 1.807) is 0 Å². The van der Waals surface area contributed by atoms with Crippen LogP contribution in [-0.4, -0.2) is 67.3 Å². The van der Waals surface area contributed by atoms with E-state index in [-0.39, 0.29) is 73.2 Å². The first-order valence-corrected chi connectivity index (χ1v) is 17.8. The number of carboxylic acid groups (broad SMARTS) is 2. The highest BCUT2D eigenvalue weighted by Gasteiger charge is 2.48.